The molecule has 0 unspecified atom stereocenters. The van der Waals surface area contributed by atoms with Crippen molar-refractivity contribution in [3.63, 3.8) is 0 Å². The Bertz CT molecular complexity index is 922. The number of anilines is 2. The van der Waals surface area contributed by atoms with Crippen molar-refractivity contribution in [3.8, 4) is 0 Å². The van der Waals surface area contributed by atoms with Gasteiger partial charge in [0.25, 0.3) is 0 Å². The first-order valence-electron chi connectivity index (χ1n) is 6.75. The number of sulfonamides is 1. The highest BCUT2D eigenvalue weighted by atomic mass is 35.5. The molecule has 0 heterocycles. The van der Waals surface area contributed by atoms with Crippen molar-refractivity contribution in [2.45, 2.75) is 0 Å². The highest BCUT2D eigenvalue weighted by Gasteiger charge is 2.22. The molecule has 0 bridgehead atoms. The first-order chi connectivity index (χ1) is 11.6. The lowest BCUT2D eigenvalue weighted by atomic mass is 10.3. The van der Waals surface area contributed by atoms with Crippen molar-refractivity contribution in [2.75, 3.05) is 22.4 Å². The zero-order valence-electron chi connectivity index (χ0n) is 12.8. The number of hydrogen-bond donors (Lipinski definition) is 1. The van der Waals surface area contributed by atoms with Gasteiger partial charge in [-0.25, -0.2) is 21.6 Å². The van der Waals surface area contributed by atoms with Crippen LogP contribution < -0.4 is 9.62 Å². The largest absolute Gasteiger partial charge is 0.324 e. The second-order valence-electron chi connectivity index (χ2n) is 5.05. The van der Waals surface area contributed by atoms with E-state index in [-0.39, 0.29) is 16.4 Å². The molecule has 2 aromatic carbocycles. The van der Waals surface area contributed by atoms with Gasteiger partial charge in [-0.3, -0.25) is 9.10 Å². The molecule has 0 aliphatic carbocycles. The van der Waals surface area contributed by atoms with E-state index in [2.05, 4.69) is 5.32 Å². The first-order valence-corrected chi connectivity index (χ1v) is 8.98. The molecular formula is C15H12ClF3N2O3S. The summed E-state index contributed by atoms with van der Waals surface area (Å²) in [6.45, 7) is -0.667. The van der Waals surface area contributed by atoms with Crippen LogP contribution in [0.3, 0.4) is 0 Å². The minimum atomic E-state index is -3.89. The third-order valence-corrected chi connectivity index (χ3v) is 4.51. The van der Waals surface area contributed by atoms with Crippen LogP contribution in [-0.2, 0) is 14.8 Å². The van der Waals surface area contributed by atoms with Crippen LogP contribution >= 0.6 is 11.6 Å². The predicted molar refractivity (Wildman–Crippen MR) is 88.6 cm³/mol. The predicted octanol–water partition coefficient (Wildman–Crippen LogP) is 3.16. The molecule has 0 atom stereocenters. The van der Waals surface area contributed by atoms with Crippen molar-refractivity contribution in [1.29, 1.82) is 0 Å². The summed E-state index contributed by atoms with van der Waals surface area (Å²) in [5, 5.41) is 1.94. The van der Waals surface area contributed by atoms with Crippen molar-refractivity contribution in [2.24, 2.45) is 0 Å². The number of carbonyl (C=O) groups excluding carboxylic acids is 1. The van der Waals surface area contributed by atoms with Crippen molar-refractivity contribution in [3.05, 3.63) is 58.9 Å². The molecule has 1 N–H and O–H groups in total. The van der Waals surface area contributed by atoms with Gasteiger partial charge in [0.1, 0.15) is 12.4 Å². The monoisotopic (exact) mass is 392 g/mol. The second kappa shape index (κ2) is 7.32. The van der Waals surface area contributed by atoms with Crippen molar-refractivity contribution < 1.29 is 26.4 Å². The SMILES string of the molecule is CS(=O)(=O)N(CC(=O)Nc1ccc(F)c(F)c1)c1ccc(F)c(Cl)c1. The number of carbonyl (C=O) groups is 1. The fraction of sp³-hybridized carbons (Fsp3) is 0.133. The number of halogens is 4. The molecule has 0 aromatic heterocycles. The molecule has 0 saturated carbocycles. The Morgan fingerprint density at radius 1 is 1.08 bits per heavy atom. The van der Waals surface area contributed by atoms with Crippen LogP contribution in [0, 0.1) is 17.5 Å². The van der Waals surface area contributed by atoms with E-state index in [0.717, 1.165) is 42.7 Å². The Morgan fingerprint density at radius 3 is 2.28 bits per heavy atom. The summed E-state index contributed by atoms with van der Waals surface area (Å²) < 4.78 is 63.8. The molecule has 25 heavy (non-hydrogen) atoms. The average molecular weight is 393 g/mol. The van der Waals surface area contributed by atoms with E-state index >= 15 is 0 Å². The van der Waals surface area contributed by atoms with Gasteiger partial charge in [0.15, 0.2) is 11.6 Å². The molecule has 2 aromatic rings. The van der Waals surface area contributed by atoms with Crippen LogP contribution in [-0.4, -0.2) is 27.1 Å². The van der Waals surface area contributed by atoms with Crippen molar-refractivity contribution in [1.82, 2.24) is 0 Å². The van der Waals surface area contributed by atoms with E-state index in [4.69, 9.17) is 11.6 Å². The molecule has 1 amide bonds. The summed E-state index contributed by atoms with van der Waals surface area (Å²) in [5.74, 6) is -3.80. The Kier molecular flexibility index (Phi) is 5.58. The molecule has 5 nitrogen and oxygen atoms in total. The van der Waals surface area contributed by atoms with Gasteiger partial charge >= 0.3 is 0 Å². The normalized spacial score (nSPS) is 11.2. The number of hydrogen-bond acceptors (Lipinski definition) is 3. The van der Waals surface area contributed by atoms with Gasteiger partial charge in [-0.1, -0.05) is 11.6 Å². The van der Waals surface area contributed by atoms with Gasteiger partial charge in [0, 0.05) is 11.8 Å². The zero-order valence-corrected chi connectivity index (χ0v) is 14.3. The molecule has 0 aliphatic heterocycles. The van der Waals surface area contributed by atoms with Gasteiger partial charge in [0.2, 0.25) is 15.9 Å². The number of benzene rings is 2. The van der Waals surface area contributed by atoms with E-state index in [9.17, 15) is 26.4 Å². The molecule has 0 aliphatic rings. The summed E-state index contributed by atoms with van der Waals surface area (Å²) in [5.41, 5.74) is -0.0659. The zero-order chi connectivity index (χ0) is 18.8. The van der Waals surface area contributed by atoms with Crippen LogP contribution in [0.5, 0.6) is 0 Å². The maximum Gasteiger partial charge on any atom is 0.245 e. The Balaban J connectivity index is 2.23. The molecule has 134 valence electrons. The minimum Gasteiger partial charge on any atom is -0.324 e. The maximum atomic E-state index is 13.2. The lowest BCUT2D eigenvalue weighted by molar-refractivity contribution is -0.114. The van der Waals surface area contributed by atoms with E-state index in [1.807, 2.05) is 0 Å². The average Bonchev–Trinajstić information content (AvgIpc) is 2.50. The fourth-order valence-electron chi connectivity index (χ4n) is 1.95. The van der Waals surface area contributed by atoms with Crippen LogP contribution in [0.1, 0.15) is 0 Å². The quantitative estimate of drug-likeness (QED) is 0.850. The summed E-state index contributed by atoms with van der Waals surface area (Å²) in [7, 11) is -3.89. The van der Waals surface area contributed by atoms with Crippen molar-refractivity contribution >= 4 is 38.9 Å². The number of rotatable bonds is 5. The lowest BCUT2D eigenvalue weighted by Crippen LogP contribution is -2.37. The molecule has 0 saturated heterocycles. The lowest BCUT2D eigenvalue weighted by Gasteiger charge is -2.22. The van der Waals surface area contributed by atoms with Gasteiger partial charge in [-0.05, 0) is 30.3 Å². The summed E-state index contributed by atoms with van der Waals surface area (Å²) in [6.07, 6.45) is 0.856. The smallest absolute Gasteiger partial charge is 0.245 e. The fourth-order valence-corrected chi connectivity index (χ4v) is 2.97. The minimum absolute atomic E-state index is 0.0191. The maximum absolute atomic E-state index is 13.2. The topological polar surface area (TPSA) is 66.5 Å². The number of amides is 1. The van der Waals surface area contributed by atoms with Crippen LogP contribution in [0.15, 0.2) is 36.4 Å². The van der Waals surface area contributed by atoms with Crippen LogP contribution in [0.4, 0.5) is 24.5 Å². The van der Waals surface area contributed by atoms with Crippen LogP contribution in [0.2, 0.25) is 5.02 Å². The molecule has 0 spiro atoms. The number of nitrogens with zero attached hydrogens (tertiary/aromatic N) is 1. The van der Waals surface area contributed by atoms with Gasteiger partial charge in [-0.2, -0.15) is 0 Å². The summed E-state index contributed by atoms with van der Waals surface area (Å²) >= 11 is 5.63. The highest BCUT2D eigenvalue weighted by molar-refractivity contribution is 7.92. The van der Waals surface area contributed by atoms with Gasteiger partial charge in [0.05, 0.1) is 17.0 Å². The van der Waals surface area contributed by atoms with Gasteiger partial charge < -0.3 is 5.32 Å². The standard InChI is InChI=1S/C15H12ClF3N2O3S/c1-25(23,24)21(10-3-5-12(17)11(16)7-10)8-15(22)20-9-2-4-13(18)14(19)6-9/h2-7H,8H2,1H3,(H,20,22). The summed E-state index contributed by atoms with van der Waals surface area (Å²) in [6, 6.07) is 5.86. The Labute approximate surface area is 147 Å². The summed E-state index contributed by atoms with van der Waals surface area (Å²) in [4.78, 5) is 12.1. The molecule has 2 rings (SSSR count). The molecule has 10 heteroatoms. The molecule has 0 radical (unpaired) electrons. The Hall–Kier alpha value is -2.26. The third kappa shape index (κ3) is 4.86. The number of nitrogens with one attached hydrogen (secondary N) is 1. The Morgan fingerprint density at radius 2 is 1.72 bits per heavy atom. The molecular weight excluding hydrogens is 381 g/mol. The third-order valence-electron chi connectivity index (χ3n) is 3.08. The highest BCUT2D eigenvalue weighted by Crippen LogP contribution is 2.24. The van der Waals surface area contributed by atoms with Crippen LogP contribution in [0.25, 0.3) is 0 Å². The van der Waals surface area contributed by atoms with E-state index in [1.54, 1.807) is 0 Å². The van der Waals surface area contributed by atoms with E-state index < -0.39 is 39.9 Å². The first kappa shape index (κ1) is 19.1. The second-order valence-corrected chi connectivity index (χ2v) is 7.36. The van der Waals surface area contributed by atoms with Gasteiger partial charge in [-0.15, -0.1) is 0 Å². The van der Waals surface area contributed by atoms with E-state index in [0.29, 0.717) is 4.31 Å². The molecule has 0 fully saturated rings. The van der Waals surface area contributed by atoms with E-state index in [1.165, 1.54) is 0 Å².